The van der Waals surface area contributed by atoms with Crippen LogP contribution in [0, 0.1) is 0 Å². The zero-order valence-corrected chi connectivity index (χ0v) is 11.8. The number of hydrogen-bond acceptors (Lipinski definition) is 3. The molecule has 2 bridgehead atoms. The first-order valence-corrected chi connectivity index (χ1v) is 6.94. The average molecular weight is 323 g/mol. The normalized spacial score (nSPS) is 23.3. The summed E-state index contributed by atoms with van der Waals surface area (Å²) in [5, 5.41) is 0. The molecule has 2 atom stereocenters. The minimum absolute atomic E-state index is 0.0774. The highest BCUT2D eigenvalue weighted by molar-refractivity contribution is 9.10. The van der Waals surface area contributed by atoms with Gasteiger partial charge in [-0.05, 0) is 34.8 Å². The van der Waals surface area contributed by atoms with Gasteiger partial charge in [0, 0.05) is 23.3 Å². The second-order valence-electron chi connectivity index (χ2n) is 5.05. The summed E-state index contributed by atoms with van der Waals surface area (Å²) < 4.78 is 5.23. The van der Waals surface area contributed by atoms with Gasteiger partial charge in [-0.3, -0.25) is 4.98 Å². The van der Waals surface area contributed by atoms with Crippen molar-refractivity contribution in [3.05, 3.63) is 49.0 Å². The molecule has 0 fully saturated rings. The third kappa shape index (κ3) is 1.23. The van der Waals surface area contributed by atoms with Crippen LogP contribution in [0.15, 0.2) is 26.3 Å². The van der Waals surface area contributed by atoms with Crippen molar-refractivity contribution >= 4 is 15.9 Å². The van der Waals surface area contributed by atoms with Crippen molar-refractivity contribution in [2.75, 3.05) is 0 Å². The van der Waals surface area contributed by atoms with E-state index >= 15 is 0 Å². The monoisotopic (exact) mass is 322 g/mol. The van der Waals surface area contributed by atoms with Gasteiger partial charge in [0.05, 0.1) is 17.8 Å². The second-order valence-corrected chi connectivity index (χ2v) is 5.97. The van der Waals surface area contributed by atoms with Crippen molar-refractivity contribution in [2.24, 2.45) is 7.05 Å². The quantitative estimate of drug-likeness (QED) is 0.720. The molecule has 3 aliphatic rings. The van der Waals surface area contributed by atoms with Gasteiger partial charge in [0.2, 0.25) is 0 Å². The summed E-state index contributed by atoms with van der Waals surface area (Å²) in [5.74, 6) is 0. The van der Waals surface area contributed by atoms with Gasteiger partial charge in [-0.25, -0.2) is 23.5 Å². The number of hydrogen-bond donors (Lipinski definition) is 0. The van der Waals surface area contributed by atoms with Crippen molar-refractivity contribution in [3.63, 3.8) is 0 Å². The molecule has 19 heavy (non-hydrogen) atoms. The Bertz CT molecular complexity index is 816. The Labute approximate surface area is 116 Å². The van der Waals surface area contributed by atoms with Crippen LogP contribution in [-0.4, -0.2) is 18.9 Å². The highest BCUT2D eigenvalue weighted by Crippen LogP contribution is 2.43. The maximum atomic E-state index is 12.2. The Hall–Kier alpha value is -1.63. The number of pyridine rings is 1. The number of rotatable bonds is 0. The minimum atomic E-state index is -0.255. The van der Waals surface area contributed by atoms with Gasteiger partial charge < -0.3 is 0 Å². The third-order valence-electron chi connectivity index (χ3n) is 4.09. The van der Waals surface area contributed by atoms with Crippen LogP contribution in [0.25, 0.3) is 0 Å². The van der Waals surface area contributed by atoms with Crippen molar-refractivity contribution < 1.29 is 0 Å². The molecule has 2 unspecified atom stereocenters. The van der Waals surface area contributed by atoms with Crippen molar-refractivity contribution in [1.82, 2.24) is 18.9 Å². The van der Waals surface area contributed by atoms with Crippen LogP contribution < -0.4 is 11.4 Å². The summed E-state index contributed by atoms with van der Waals surface area (Å²) >= 11 is 3.42. The average Bonchev–Trinajstić information content (AvgIpc) is 2.65. The molecule has 1 aliphatic carbocycles. The lowest BCUT2D eigenvalue weighted by atomic mass is 9.86. The van der Waals surface area contributed by atoms with E-state index in [1.54, 1.807) is 15.6 Å². The molecule has 2 aromatic heterocycles. The van der Waals surface area contributed by atoms with Crippen LogP contribution >= 0.6 is 15.9 Å². The first-order chi connectivity index (χ1) is 9.09. The van der Waals surface area contributed by atoms with Crippen molar-refractivity contribution in [2.45, 2.75) is 24.9 Å². The molecule has 0 aromatic carbocycles. The van der Waals surface area contributed by atoms with Gasteiger partial charge in [0.25, 0.3) is 0 Å². The minimum Gasteiger partial charge on any atom is -0.257 e. The van der Waals surface area contributed by atoms with E-state index in [9.17, 15) is 9.59 Å². The fraction of sp³-hybridized carbons (Fsp3) is 0.417. The van der Waals surface area contributed by atoms with E-state index in [-0.39, 0.29) is 23.5 Å². The summed E-state index contributed by atoms with van der Waals surface area (Å²) in [7, 11) is 1.52. The van der Waals surface area contributed by atoms with Gasteiger partial charge >= 0.3 is 11.4 Å². The summed E-state index contributed by atoms with van der Waals surface area (Å²) in [6, 6.07) is 1.81. The number of nitrogens with zero attached hydrogens (tertiary/aromatic N) is 4. The summed E-state index contributed by atoms with van der Waals surface area (Å²) in [6.45, 7) is 0. The maximum Gasteiger partial charge on any atom is 0.347 e. The molecule has 6 nitrogen and oxygen atoms in total. The van der Waals surface area contributed by atoms with Gasteiger partial charge in [0.15, 0.2) is 0 Å². The fourth-order valence-corrected chi connectivity index (χ4v) is 3.60. The highest BCUT2D eigenvalue weighted by atomic mass is 79.9. The van der Waals surface area contributed by atoms with Crippen LogP contribution in [0.3, 0.4) is 0 Å². The summed E-state index contributed by atoms with van der Waals surface area (Å²) in [4.78, 5) is 28.8. The lowest BCUT2D eigenvalue weighted by molar-refractivity contribution is 0.232. The number of aromatic nitrogens is 4. The molecule has 2 aromatic rings. The molecule has 0 saturated heterocycles. The topological polar surface area (TPSA) is 61.8 Å². The molecule has 2 aliphatic heterocycles. The lowest BCUT2D eigenvalue weighted by Crippen LogP contribution is -2.43. The van der Waals surface area contributed by atoms with Crippen molar-refractivity contribution in [3.8, 4) is 0 Å². The van der Waals surface area contributed by atoms with E-state index in [1.165, 1.54) is 11.6 Å². The molecule has 7 heteroatoms. The predicted molar refractivity (Wildman–Crippen MR) is 71.4 cm³/mol. The summed E-state index contributed by atoms with van der Waals surface area (Å²) in [6.07, 6.45) is 3.48. The van der Waals surface area contributed by atoms with E-state index in [2.05, 4.69) is 20.9 Å². The van der Waals surface area contributed by atoms with Gasteiger partial charge in [0.1, 0.15) is 0 Å². The van der Waals surface area contributed by atoms with E-state index < -0.39 is 0 Å². The van der Waals surface area contributed by atoms with E-state index in [4.69, 9.17) is 0 Å². The standard InChI is InChI=1S/C12H11BrN4O2/c1-15-11(18)16-8-2-3-9(17(16)12(15)19)10-7(8)4-6(13)5-14-10/h4-5,8-9H,2-3H2,1H3. The Kier molecular flexibility index (Phi) is 2.05. The highest BCUT2D eigenvalue weighted by Gasteiger charge is 2.41. The van der Waals surface area contributed by atoms with Crippen molar-refractivity contribution in [1.29, 1.82) is 0 Å². The fourth-order valence-electron chi connectivity index (χ4n) is 3.25. The Morgan fingerprint density at radius 2 is 1.84 bits per heavy atom. The Balaban J connectivity index is 2.11. The molecule has 4 heterocycles. The second kappa shape index (κ2) is 3.47. The first-order valence-electron chi connectivity index (χ1n) is 6.15. The molecule has 0 saturated carbocycles. The smallest absolute Gasteiger partial charge is 0.257 e. The lowest BCUT2D eigenvalue weighted by Gasteiger charge is -2.38. The van der Waals surface area contributed by atoms with Crippen LogP contribution in [0.5, 0.6) is 0 Å². The Morgan fingerprint density at radius 3 is 2.58 bits per heavy atom. The van der Waals surface area contributed by atoms with Crippen LogP contribution in [0.2, 0.25) is 0 Å². The first kappa shape index (κ1) is 11.2. The van der Waals surface area contributed by atoms with Gasteiger partial charge in [-0.15, -0.1) is 0 Å². The summed E-state index contributed by atoms with van der Waals surface area (Å²) in [5.41, 5.74) is 1.48. The number of halogens is 1. The SMILES string of the molecule is Cn1c(=O)n2n(c1=O)C1CCC2c2cc(Br)cnc21. The molecule has 0 N–H and O–H groups in total. The Morgan fingerprint density at radius 1 is 1.21 bits per heavy atom. The maximum absolute atomic E-state index is 12.2. The van der Waals surface area contributed by atoms with Gasteiger partial charge in [-0.2, -0.15) is 0 Å². The van der Waals surface area contributed by atoms with E-state index in [0.717, 1.165) is 28.6 Å². The molecular weight excluding hydrogens is 312 g/mol. The zero-order chi connectivity index (χ0) is 13.3. The van der Waals surface area contributed by atoms with Crippen LogP contribution in [0.1, 0.15) is 36.2 Å². The molecule has 0 amide bonds. The molecule has 98 valence electrons. The van der Waals surface area contributed by atoms with Crippen LogP contribution in [0.4, 0.5) is 0 Å². The van der Waals surface area contributed by atoms with E-state index in [1.807, 2.05) is 6.07 Å². The predicted octanol–water partition coefficient (Wildman–Crippen LogP) is 0.792. The van der Waals surface area contributed by atoms with Crippen LogP contribution in [-0.2, 0) is 7.05 Å². The molecular formula is C12H11BrN4O2. The third-order valence-corrected chi connectivity index (χ3v) is 4.53. The zero-order valence-electron chi connectivity index (χ0n) is 10.2. The molecule has 5 rings (SSSR count). The largest absolute Gasteiger partial charge is 0.347 e. The van der Waals surface area contributed by atoms with Gasteiger partial charge in [-0.1, -0.05) is 0 Å². The molecule has 0 radical (unpaired) electrons. The number of fused-ring (bicyclic) bond motifs is 1. The van der Waals surface area contributed by atoms with E-state index in [0.29, 0.717) is 0 Å². The molecule has 0 spiro atoms.